The predicted molar refractivity (Wildman–Crippen MR) is 69.8 cm³/mol. The minimum atomic E-state index is 0.417. The number of aromatic nitrogens is 1. The maximum Gasteiger partial charge on any atom is 0.0900 e. The number of rotatable bonds is 3. The van der Waals surface area contributed by atoms with Gasteiger partial charge in [-0.2, -0.15) is 0 Å². The SMILES string of the molecule is Cc1nc(C)c(CNC2C(C)(C)C2(C)C)s1. The van der Waals surface area contributed by atoms with Gasteiger partial charge in [0.15, 0.2) is 0 Å². The minimum Gasteiger partial charge on any atom is -0.308 e. The fourth-order valence-corrected chi connectivity index (χ4v) is 3.53. The smallest absolute Gasteiger partial charge is 0.0900 e. The zero-order valence-corrected chi connectivity index (χ0v) is 12.0. The average Bonchev–Trinajstić information content (AvgIpc) is 2.38. The van der Waals surface area contributed by atoms with Crippen molar-refractivity contribution in [3.63, 3.8) is 0 Å². The molecule has 1 N–H and O–H groups in total. The average molecular weight is 238 g/mol. The fourth-order valence-electron chi connectivity index (χ4n) is 2.64. The number of nitrogens with zero attached hydrogens (tertiary/aromatic N) is 1. The summed E-state index contributed by atoms with van der Waals surface area (Å²) >= 11 is 1.81. The molecule has 1 aromatic heterocycles. The Labute approximate surface area is 102 Å². The molecule has 0 radical (unpaired) electrons. The highest BCUT2D eigenvalue weighted by Gasteiger charge is 2.64. The predicted octanol–water partition coefficient (Wildman–Crippen LogP) is 3.28. The second-order valence-electron chi connectivity index (χ2n) is 6.00. The molecule has 0 unspecified atom stereocenters. The van der Waals surface area contributed by atoms with Crippen molar-refractivity contribution in [1.29, 1.82) is 0 Å². The maximum absolute atomic E-state index is 4.46. The number of nitrogens with one attached hydrogen (secondary N) is 1. The van der Waals surface area contributed by atoms with Gasteiger partial charge in [0.05, 0.1) is 10.7 Å². The van der Waals surface area contributed by atoms with E-state index in [-0.39, 0.29) is 0 Å². The summed E-state index contributed by atoms with van der Waals surface area (Å²) in [5.74, 6) is 0. The Balaban J connectivity index is 1.98. The van der Waals surface area contributed by atoms with Crippen molar-refractivity contribution in [2.75, 3.05) is 0 Å². The van der Waals surface area contributed by atoms with Gasteiger partial charge in [-0.25, -0.2) is 4.98 Å². The minimum absolute atomic E-state index is 0.417. The Hall–Kier alpha value is -0.410. The van der Waals surface area contributed by atoms with Crippen LogP contribution in [0.5, 0.6) is 0 Å². The monoisotopic (exact) mass is 238 g/mol. The van der Waals surface area contributed by atoms with E-state index in [1.165, 1.54) is 15.6 Å². The van der Waals surface area contributed by atoms with Crippen LogP contribution in [0.4, 0.5) is 0 Å². The van der Waals surface area contributed by atoms with Gasteiger partial charge in [-0.15, -0.1) is 11.3 Å². The van der Waals surface area contributed by atoms with E-state index in [1.807, 2.05) is 11.3 Å². The Morgan fingerprint density at radius 3 is 2.12 bits per heavy atom. The summed E-state index contributed by atoms with van der Waals surface area (Å²) in [4.78, 5) is 5.85. The number of hydrogen-bond donors (Lipinski definition) is 1. The number of aryl methyl sites for hydroxylation is 2. The summed E-state index contributed by atoms with van der Waals surface area (Å²) in [5, 5.41) is 4.85. The first kappa shape index (κ1) is 12.1. The van der Waals surface area contributed by atoms with Gasteiger partial charge in [0.1, 0.15) is 0 Å². The molecular weight excluding hydrogens is 216 g/mol. The number of thiazole rings is 1. The molecule has 90 valence electrons. The van der Waals surface area contributed by atoms with Crippen molar-refractivity contribution >= 4 is 11.3 Å². The molecule has 0 atom stereocenters. The molecule has 1 saturated carbocycles. The molecule has 1 aromatic rings. The van der Waals surface area contributed by atoms with Gasteiger partial charge in [-0.3, -0.25) is 0 Å². The standard InChI is InChI=1S/C13H22N2S/c1-8-10(16-9(2)15-8)7-14-11-12(3,4)13(11,5)6/h11,14H,7H2,1-6H3. The van der Waals surface area contributed by atoms with Gasteiger partial charge < -0.3 is 5.32 Å². The topological polar surface area (TPSA) is 24.9 Å². The third-order valence-corrected chi connectivity index (χ3v) is 5.56. The second-order valence-corrected chi connectivity index (χ2v) is 7.29. The van der Waals surface area contributed by atoms with Crippen molar-refractivity contribution in [3.8, 4) is 0 Å². The van der Waals surface area contributed by atoms with E-state index in [0.717, 1.165) is 6.54 Å². The maximum atomic E-state index is 4.46. The quantitative estimate of drug-likeness (QED) is 0.874. The summed E-state index contributed by atoms with van der Waals surface area (Å²) in [6.07, 6.45) is 0. The van der Waals surface area contributed by atoms with Gasteiger partial charge >= 0.3 is 0 Å². The van der Waals surface area contributed by atoms with Crippen LogP contribution in [-0.4, -0.2) is 11.0 Å². The molecule has 1 heterocycles. The molecule has 1 fully saturated rings. The largest absolute Gasteiger partial charge is 0.308 e. The molecule has 0 aromatic carbocycles. The summed E-state index contributed by atoms with van der Waals surface area (Å²) in [5.41, 5.74) is 2.02. The molecule has 3 heteroatoms. The third kappa shape index (κ3) is 1.70. The summed E-state index contributed by atoms with van der Waals surface area (Å²) in [6.45, 7) is 14.5. The highest BCUT2D eigenvalue weighted by Crippen LogP contribution is 2.62. The third-order valence-electron chi connectivity index (χ3n) is 4.49. The highest BCUT2D eigenvalue weighted by atomic mass is 32.1. The first-order chi connectivity index (χ1) is 7.26. The van der Waals surface area contributed by atoms with E-state index in [2.05, 4.69) is 51.8 Å². The van der Waals surface area contributed by atoms with E-state index < -0.39 is 0 Å². The van der Waals surface area contributed by atoms with Crippen LogP contribution in [0.3, 0.4) is 0 Å². The van der Waals surface area contributed by atoms with Crippen molar-refractivity contribution in [3.05, 3.63) is 15.6 Å². The van der Waals surface area contributed by atoms with Crippen LogP contribution in [0.25, 0.3) is 0 Å². The highest BCUT2D eigenvalue weighted by molar-refractivity contribution is 7.11. The molecule has 0 bridgehead atoms. The van der Waals surface area contributed by atoms with E-state index in [0.29, 0.717) is 16.9 Å². The van der Waals surface area contributed by atoms with Crippen molar-refractivity contribution in [2.24, 2.45) is 10.8 Å². The van der Waals surface area contributed by atoms with Gasteiger partial charge in [-0.05, 0) is 24.7 Å². The molecule has 0 saturated heterocycles. The lowest BCUT2D eigenvalue weighted by molar-refractivity contribution is 0.457. The zero-order valence-electron chi connectivity index (χ0n) is 11.1. The number of hydrogen-bond acceptors (Lipinski definition) is 3. The lowest BCUT2D eigenvalue weighted by Crippen LogP contribution is -2.21. The van der Waals surface area contributed by atoms with Crippen molar-refractivity contribution < 1.29 is 0 Å². The normalized spacial score (nSPS) is 22.4. The molecular formula is C13H22N2S. The van der Waals surface area contributed by atoms with Gasteiger partial charge in [0, 0.05) is 17.5 Å². The van der Waals surface area contributed by atoms with Crippen LogP contribution in [0.2, 0.25) is 0 Å². The summed E-state index contributed by atoms with van der Waals surface area (Å²) < 4.78 is 0. The Kier molecular flexibility index (Phi) is 2.67. The molecule has 1 aliphatic rings. The lowest BCUT2D eigenvalue weighted by Gasteiger charge is -2.04. The molecule has 2 nitrogen and oxygen atoms in total. The molecule has 0 spiro atoms. The molecule has 1 aliphatic carbocycles. The summed E-state index contributed by atoms with van der Waals surface area (Å²) in [7, 11) is 0. The van der Waals surface area contributed by atoms with Gasteiger partial charge in [0.25, 0.3) is 0 Å². The van der Waals surface area contributed by atoms with Crippen molar-refractivity contribution in [2.45, 2.75) is 54.1 Å². The van der Waals surface area contributed by atoms with Gasteiger partial charge in [0.2, 0.25) is 0 Å². The first-order valence-electron chi connectivity index (χ1n) is 5.93. The van der Waals surface area contributed by atoms with E-state index in [4.69, 9.17) is 0 Å². The van der Waals surface area contributed by atoms with E-state index >= 15 is 0 Å². The lowest BCUT2D eigenvalue weighted by atomic mass is 10.0. The van der Waals surface area contributed by atoms with Gasteiger partial charge in [-0.1, -0.05) is 27.7 Å². The first-order valence-corrected chi connectivity index (χ1v) is 6.75. The van der Waals surface area contributed by atoms with Crippen LogP contribution in [0.1, 0.15) is 43.3 Å². The Bertz CT molecular complexity index is 390. The molecule has 0 amide bonds. The van der Waals surface area contributed by atoms with Crippen LogP contribution in [0, 0.1) is 24.7 Å². The Morgan fingerprint density at radius 1 is 1.19 bits per heavy atom. The summed E-state index contributed by atoms with van der Waals surface area (Å²) in [6, 6.07) is 0.627. The van der Waals surface area contributed by atoms with E-state index in [9.17, 15) is 0 Å². The fraction of sp³-hybridized carbons (Fsp3) is 0.769. The molecule has 0 aliphatic heterocycles. The van der Waals surface area contributed by atoms with Crippen LogP contribution >= 0.6 is 11.3 Å². The van der Waals surface area contributed by atoms with Crippen LogP contribution in [-0.2, 0) is 6.54 Å². The van der Waals surface area contributed by atoms with Crippen LogP contribution < -0.4 is 5.32 Å². The Morgan fingerprint density at radius 2 is 1.75 bits per heavy atom. The van der Waals surface area contributed by atoms with Crippen molar-refractivity contribution in [1.82, 2.24) is 10.3 Å². The zero-order chi connectivity index (χ0) is 12.1. The molecule has 2 rings (SSSR count). The van der Waals surface area contributed by atoms with E-state index in [1.54, 1.807) is 0 Å². The van der Waals surface area contributed by atoms with Crippen LogP contribution in [0.15, 0.2) is 0 Å². The molecule has 16 heavy (non-hydrogen) atoms. The second kappa shape index (κ2) is 3.54.